The summed E-state index contributed by atoms with van der Waals surface area (Å²) < 4.78 is 17.1. The highest BCUT2D eigenvalue weighted by atomic mass is 32.2. The summed E-state index contributed by atoms with van der Waals surface area (Å²) >= 11 is 0. The molecule has 0 spiro atoms. The van der Waals surface area contributed by atoms with Crippen LogP contribution in [0.5, 0.6) is 0 Å². The molecular formula is C22H35O6S+. The average molecular weight is 428 g/mol. The Bertz CT molecular complexity index is 615. The SMILES string of the molecule is CC[C@@H]1[C@@H](C)[C@H](OCc2ccccc2)C[S+]1CC[C@H]1O[C@@H](OC)[C@H](O)[C@@H](O)[C@@H]1O. The zero-order valence-corrected chi connectivity index (χ0v) is 18.3. The Balaban J connectivity index is 1.55. The van der Waals surface area contributed by atoms with Crippen LogP contribution >= 0.6 is 0 Å². The summed E-state index contributed by atoms with van der Waals surface area (Å²) in [7, 11) is 1.59. The van der Waals surface area contributed by atoms with Gasteiger partial charge >= 0.3 is 0 Å². The van der Waals surface area contributed by atoms with Crippen LogP contribution in [0.4, 0.5) is 0 Å². The van der Waals surface area contributed by atoms with E-state index in [1.54, 1.807) is 0 Å². The molecule has 3 N–H and O–H groups in total. The molecule has 0 saturated carbocycles. The molecule has 7 heteroatoms. The van der Waals surface area contributed by atoms with Crippen LogP contribution in [0.15, 0.2) is 30.3 Å². The maximum absolute atomic E-state index is 10.3. The molecule has 6 nitrogen and oxygen atoms in total. The lowest BCUT2D eigenvalue weighted by atomic mass is 9.97. The minimum absolute atomic E-state index is 0.166. The summed E-state index contributed by atoms with van der Waals surface area (Å²) in [5, 5.41) is 30.9. The highest BCUT2D eigenvalue weighted by molar-refractivity contribution is 7.97. The van der Waals surface area contributed by atoms with Crippen LogP contribution in [0.3, 0.4) is 0 Å². The third-order valence-corrected chi connectivity index (χ3v) is 9.39. The van der Waals surface area contributed by atoms with Crippen LogP contribution in [-0.2, 0) is 31.7 Å². The first-order chi connectivity index (χ1) is 14.0. The van der Waals surface area contributed by atoms with Crippen LogP contribution in [0.1, 0.15) is 32.3 Å². The Labute approximate surface area is 176 Å². The number of rotatable bonds is 8. The van der Waals surface area contributed by atoms with Gasteiger partial charge in [-0.25, -0.2) is 0 Å². The van der Waals surface area contributed by atoms with Gasteiger partial charge in [0.25, 0.3) is 0 Å². The molecule has 2 saturated heterocycles. The van der Waals surface area contributed by atoms with E-state index < -0.39 is 30.7 Å². The Kier molecular flexibility index (Phi) is 8.39. The molecule has 0 aromatic heterocycles. The molecule has 0 aliphatic carbocycles. The number of benzene rings is 1. The largest absolute Gasteiger partial charge is 0.388 e. The third-order valence-electron chi connectivity index (χ3n) is 6.25. The van der Waals surface area contributed by atoms with E-state index in [9.17, 15) is 15.3 Å². The van der Waals surface area contributed by atoms with Crippen molar-refractivity contribution in [3.8, 4) is 0 Å². The van der Waals surface area contributed by atoms with Crippen LogP contribution in [0.25, 0.3) is 0 Å². The predicted molar refractivity (Wildman–Crippen MR) is 114 cm³/mol. The van der Waals surface area contributed by atoms with E-state index in [4.69, 9.17) is 14.2 Å². The molecule has 0 bridgehead atoms. The van der Waals surface area contributed by atoms with Crippen LogP contribution in [0, 0.1) is 5.92 Å². The number of hydrogen-bond acceptors (Lipinski definition) is 6. The fraction of sp³-hybridized carbons (Fsp3) is 0.727. The van der Waals surface area contributed by atoms with Gasteiger partial charge < -0.3 is 29.5 Å². The minimum atomic E-state index is -1.26. The quantitative estimate of drug-likeness (QED) is 0.545. The van der Waals surface area contributed by atoms with Gasteiger partial charge in [0.1, 0.15) is 41.2 Å². The second-order valence-electron chi connectivity index (χ2n) is 8.09. The van der Waals surface area contributed by atoms with Gasteiger partial charge in [-0.05, 0) is 22.9 Å². The standard InChI is InChI=1S/C22H35O6S/c1-4-18-14(2)17(27-12-15-8-6-5-7-9-15)13-29(18)11-10-16-19(23)20(24)21(25)22(26-3)28-16/h5-9,14,16-25H,4,10-13H2,1-3H3/q+1/t14-,16+,17+,18+,19+,20-,21+,22+,29?/m0/s1. The molecule has 0 amide bonds. The van der Waals surface area contributed by atoms with E-state index in [1.165, 1.54) is 12.7 Å². The first kappa shape index (κ1) is 23.0. The van der Waals surface area contributed by atoms with Gasteiger partial charge in [-0.15, -0.1) is 0 Å². The van der Waals surface area contributed by atoms with Crippen LogP contribution < -0.4 is 0 Å². The summed E-state index contributed by atoms with van der Waals surface area (Å²) in [6.45, 7) is 5.14. The summed E-state index contributed by atoms with van der Waals surface area (Å²) in [6.07, 6.45) is -3.08. The topological polar surface area (TPSA) is 88.4 Å². The smallest absolute Gasteiger partial charge is 0.186 e. The summed E-state index contributed by atoms with van der Waals surface area (Å²) in [6, 6.07) is 10.3. The van der Waals surface area contributed by atoms with Crippen LogP contribution in [-0.4, -0.2) is 76.0 Å². The van der Waals surface area contributed by atoms with Crippen molar-refractivity contribution in [2.24, 2.45) is 5.92 Å². The molecule has 29 heavy (non-hydrogen) atoms. The molecule has 2 aliphatic heterocycles. The molecule has 164 valence electrons. The van der Waals surface area contributed by atoms with E-state index in [1.807, 2.05) is 18.2 Å². The lowest BCUT2D eigenvalue weighted by Crippen LogP contribution is -2.58. The number of aliphatic hydroxyl groups is 3. The maximum atomic E-state index is 10.3. The number of aliphatic hydroxyl groups excluding tert-OH is 3. The van der Waals surface area contributed by atoms with Crippen molar-refractivity contribution in [3.63, 3.8) is 0 Å². The van der Waals surface area contributed by atoms with Crippen molar-refractivity contribution in [1.82, 2.24) is 0 Å². The van der Waals surface area contributed by atoms with Crippen LogP contribution in [0.2, 0.25) is 0 Å². The van der Waals surface area contributed by atoms with Gasteiger partial charge in [0.15, 0.2) is 6.29 Å². The summed E-state index contributed by atoms with van der Waals surface area (Å²) in [5.41, 5.74) is 1.19. The van der Waals surface area contributed by atoms with Gasteiger partial charge in [0.05, 0.1) is 12.7 Å². The second kappa shape index (κ2) is 10.6. The summed E-state index contributed by atoms with van der Waals surface area (Å²) in [5.74, 6) is 2.42. The lowest BCUT2D eigenvalue weighted by Gasteiger charge is -2.39. The van der Waals surface area contributed by atoms with Gasteiger partial charge in [-0.3, -0.25) is 0 Å². The number of hydrogen-bond donors (Lipinski definition) is 3. The average Bonchev–Trinajstić information content (AvgIpc) is 3.05. The Morgan fingerprint density at radius 1 is 1.10 bits per heavy atom. The molecule has 3 rings (SSSR count). The van der Waals surface area contributed by atoms with Crippen molar-refractivity contribution in [2.45, 2.75) is 75.4 Å². The summed E-state index contributed by atoms with van der Waals surface area (Å²) in [4.78, 5) is 0. The van der Waals surface area contributed by atoms with E-state index in [0.717, 1.165) is 17.9 Å². The monoisotopic (exact) mass is 427 g/mol. The van der Waals surface area contributed by atoms with Gasteiger partial charge in [0.2, 0.25) is 0 Å². The maximum Gasteiger partial charge on any atom is 0.186 e. The molecule has 0 radical (unpaired) electrons. The molecule has 1 aromatic rings. The fourth-order valence-corrected chi connectivity index (χ4v) is 7.79. The third kappa shape index (κ3) is 5.34. The Hall–Kier alpha value is -0.670. The second-order valence-corrected chi connectivity index (χ2v) is 10.5. The Morgan fingerprint density at radius 3 is 2.48 bits per heavy atom. The first-order valence-electron chi connectivity index (χ1n) is 10.5. The fourth-order valence-electron chi connectivity index (χ4n) is 4.47. The van der Waals surface area contributed by atoms with Crippen molar-refractivity contribution >= 4 is 10.9 Å². The molecule has 2 fully saturated rings. The first-order valence-corrected chi connectivity index (χ1v) is 12.1. The van der Waals surface area contributed by atoms with E-state index in [2.05, 4.69) is 26.0 Å². The Morgan fingerprint density at radius 2 is 1.83 bits per heavy atom. The zero-order chi connectivity index (χ0) is 21.0. The minimum Gasteiger partial charge on any atom is -0.388 e. The molecule has 2 aliphatic rings. The van der Waals surface area contributed by atoms with Crippen molar-refractivity contribution in [2.75, 3.05) is 18.6 Å². The molecule has 1 unspecified atom stereocenters. The predicted octanol–water partition coefficient (Wildman–Crippen LogP) is 1.46. The van der Waals surface area contributed by atoms with E-state index >= 15 is 0 Å². The molecule has 9 atom stereocenters. The van der Waals surface area contributed by atoms with Crippen molar-refractivity contribution < 1.29 is 29.5 Å². The van der Waals surface area contributed by atoms with E-state index in [-0.39, 0.29) is 17.0 Å². The number of ether oxygens (including phenoxy) is 3. The van der Waals surface area contributed by atoms with Crippen molar-refractivity contribution in [1.29, 1.82) is 0 Å². The molecule has 2 heterocycles. The van der Waals surface area contributed by atoms with Gasteiger partial charge in [-0.1, -0.05) is 44.2 Å². The van der Waals surface area contributed by atoms with E-state index in [0.29, 0.717) is 24.2 Å². The van der Waals surface area contributed by atoms with Gasteiger partial charge in [0, 0.05) is 19.4 Å². The van der Waals surface area contributed by atoms with Gasteiger partial charge in [-0.2, -0.15) is 0 Å². The number of methoxy groups -OCH3 is 1. The normalized spacial score (nSPS) is 40.3. The molecule has 1 aromatic carbocycles. The highest BCUT2D eigenvalue weighted by Gasteiger charge is 2.49. The zero-order valence-electron chi connectivity index (χ0n) is 17.5. The lowest BCUT2D eigenvalue weighted by molar-refractivity contribution is -0.289. The molecular weight excluding hydrogens is 392 g/mol. The van der Waals surface area contributed by atoms with Crippen molar-refractivity contribution in [3.05, 3.63) is 35.9 Å². The highest BCUT2D eigenvalue weighted by Crippen LogP contribution is 2.35.